The van der Waals surface area contributed by atoms with Gasteiger partial charge in [0.15, 0.2) is 0 Å². The molecule has 0 saturated carbocycles. The Morgan fingerprint density at radius 3 is 2.57 bits per heavy atom. The molecule has 1 aliphatic heterocycles. The number of hydrogen-bond acceptors (Lipinski definition) is 3. The summed E-state index contributed by atoms with van der Waals surface area (Å²) in [4.78, 5) is 2.25. The van der Waals surface area contributed by atoms with Gasteiger partial charge in [-0.3, -0.25) is 4.90 Å². The number of likely N-dealkylation sites (tertiary alicyclic amines) is 1. The summed E-state index contributed by atoms with van der Waals surface area (Å²) in [5.41, 5.74) is -0.399. The summed E-state index contributed by atoms with van der Waals surface area (Å²) in [6.45, 7) is 8.49. The molecule has 1 aliphatic rings. The molecule has 1 heterocycles. The topological polar surface area (TPSA) is 32.7 Å². The summed E-state index contributed by atoms with van der Waals surface area (Å²) in [5.74, 6) is 0. The minimum Gasteiger partial charge on any atom is -0.387 e. The van der Waals surface area contributed by atoms with Crippen LogP contribution in [0.3, 0.4) is 0 Å². The van der Waals surface area contributed by atoms with Gasteiger partial charge in [0, 0.05) is 26.2 Å². The van der Waals surface area contributed by atoms with E-state index in [1.165, 1.54) is 6.42 Å². The Hall–Kier alpha value is -0.120. The summed E-state index contributed by atoms with van der Waals surface area (Å²) >= 11 is 0. The van der Waals surface area contributed by atoms with Crippen LogP contribution in [-0.4, -0.2) is 48.5 Å². The van der Waals surface area contributed by atoms with Crippen LogP contribution < -0.4 is 0 Å². The number of nitrogens with zero attached hydrogens (tertiary/aromatic N) is 1. The first kappa shape index (κ1) is 12.0. The van der Waals surface area contributed by atoms with Crippen molar-refractivity contribution in [2.75, 3.05) is 32.8 Å². The van der Waals surface area contributed by atoms with Gasteiger partial charge in [0.05, 0.1) is 12.2 Å². The molecule has 0 radical (unpaired) electrons. The fraction of sp³-hybridized carbons (Fsp3) is 1.00. The van der Waals surface area contributed by atoms with Crippen molar-refractivity contribution < 1.29 is 9.84 Å². The lowest BCUT2D eigenvalue weighted by molar-refractivity contribution is -0.105. The fourth-order valence-electron chi connectivity index (χ4n) is 1.71. The Kier molecular flexibility index (Phi) is 4.85. The van der Waals surface area contributed by atoms with Crippen LogP contribution in [0.15, 0.2) is 0 Å². The third-order valence-corrected chi connectivity index (χ3v) is 2.89. The number of unbranched alkanes of at least 4 members (excludes halogenated alkanes) is 1. The minimum absolute atomic E-state index is 0.399. The monoisotopic (exact) mass is 201 g/mol. The van der Waals surface area contributed by atoms with Crippen LogP contribution in [0.25, 0.3) is 0 Å². The Balaban J connectivity index is 1.91. The van der Waals surface area contributed by atoms with E-state index in [1.54, 1.807) is 0 Å². The Labute approximate surface area is 87.1 Å². The lowest BCUT2D eigenvalue weighted by Crippen LogP contribution is -2.61. The smallest absolute Gasteiger partial charge is 0.0897 e. The average Bonchev–Trinajstić information content (AvgIpc) is 2.14. The lowest BCUT2D eigenvalue weighted by Gasteiger charge is -2.46. The number of hydrogen-bond donors (Lipinski definition) is 1. The molecule has 0 aromatic heterocycles. The van der Waals surface area contributed by atoms with Crippen LogP contribution in [0.2, 0.25) is 0 Å². The molecule has 1 N–H and O–H groups in total. The molecule has 1 saturated heterocycles. The second-order valence-electron chi connectivity index (χ2n) is 4.25. The van der Waals surface area contributed by atoms with E-state index >= 15 is 0 Å². The van der Waals surface area contributed by atoms with Crippen molar-refractivity contribution in [1.82, 2.24) is 4.90 Å². The molecule has 14 heavy (non-hydrogen) atoms. The number of aliphatic hydroxyl groups is 1. The molecular weight excluding hydrogens is 178 g/mol. The van der Waals surface area contributed by atoms with Gasteiger partial charge in [0.25, 0.3) is 0 Å². The van der Waals surface area contributed by atoms with E-state index < -0.39 is 5.60 Å². The average molecular weight is 201 g/mol. The van der Waals surface area contributed by atoms with E-state index in [4.69, 9.17) is 4.74 Å². The van der Waals surface area contributed by atoms with Crippen LogP contribution in [-0.2, 0) is 4.74 Å². The fourth-order valence-corrected chi connectivity index (χ4v) is 1.71. The number of ether oxygens (including phenoxy) is 1. The molecule has 0 aliphatic carbocycles. The van der Waals surface area contributed by atoms with Gasteiger partial charge in [0.1, 0.15) is 0 Å². The summed E-state index contributed by atoms with van der Waals surface area (Å²) in [7, 11) is 0. The normalized spacial score (nSPS) is 20.8. The van der Waals surface area contributed by atoms with Gasteiger partial charge < -0.3 is 9.84 Å². The van der Waals surface area contributed by atoms with Crippen molar-refractivity contribution in [3.8, 4) is 0 Å². The minimum atomic E-state index is -0.399. The molecule has 1 fully saturated rings. The molecule has 1 rings (SSSR count). The van der Waals surface area contributed by atoms with Crippen LogP contribution in [0, 0.1) is 0 Å². The van der Waals surface area contributed by atoms with E-state index in [9.17, 15) is 5.11 Å². The molecule has 84 valence electrons. The highest BCUT2D eigenvalue weighted by atomic mass is 16.5. The van der Waals surface area contributed by atoms with Crippen molar-refractivity contribution in [3.63, 3.8) is 0 Å². The van der Waals surface area contributed by atoms with E-state index in [0.717, 1.165) is 45.7 Å². The summed E-state index contributed by atoms with van der Waals surface area (Å²) in [6.07, 6.45) is 3.21. The standard InChI is InChI=1S/C11H23NO2/c1-3-5-7-14-8-6-12-9-11(13,4-2)10-12/h13H,3-10H2,1-2H3. The van der Waals surface area contributed by atoms with Crippen molar-refractivity contribution in [3.05, 3.63) is 0 Å². The predicted molar refractivity (Wildman–Crippen MR) is 57.4 cm³/mol. The van der Waals surface area contributed by atoms with Crippen molar-refractivity contribution in [1.29, 1.82) is 0 Å². The van der Waals surface area contributed by atoms with Crippen LogP contribution >= 0.6 is 0 Å². The van der Waals surface area contributed by atoms with E-state index in [1.807, 2.05) is 6.92 Å². The molecule has 3 heteroatoms. The van der Waals surface area contributed by atoms with Gasteiger partial charge in [-0.05, 0) is 12.8 Å². The summed E-state index contributed by atoms with van der Waals surface area (Å²) in [6, 6.07) is 0. The molecule has 3 nitrogen and oxygen atoms in total. The highest BCUT2D eigenvalue weighted by molar-refractivity contribution is 4.93. The second kappa shape index (κ2) is 5.69. The molecule has 0 amide bonds. The van der Waals surface area contributed by atoms with Crippen molar-refractivity contribution >= 4 is 0 Å². The molecule has 0 spiro atoms. The van der Waals surface area contributed by atoms with E-state index in [2.05, 4.69) is 11.8 Å². The molecule has 0 atom stereocenters. The number of rotatable bonds is 7. The first-order valence-electron chi connectivity index (χ1n) is 5.72. The maximum Gasteiger partial charge on any atom is 0.0897 e. The Morgan fingerprint density at radius 1 is 1.29 bits per heavy atom. The maximum atomic E-state index is 9.75. The van der Waals surface area contributed by atoms with Gasteiger partial charge in [-0.2, -0.15) is 0 Å². The highest BCUT2D eigenvalue weighted by Crippen LogP contribution is 2.23. The van der Waals surface area contributed by atoms with Crippen molar-refractivity contribution in [2.45, 2.75) is 38.7 Å². The van der Waals surface area contributed by atoms with Gasteiger partial charge in [0.2, 0.25) is 0 Å². The van der Waals surface area contributed by atoms with Gasteiger partial charge in [-0.25, -0.2) is 0 Å². The largest absolute Gasteiger partial charge is 0.387 e. The lowest BCUT2D eigenvalue weighted by atomic mass is 9.91. The van der Waals surface area contributed by atoms with E-state index in [-0.39, 0.29) is 0 Å². The second-order valence-corrected chi connectivity index (χ2v) is 4.25. The highest BCUT2D eigenvalue weighted by Gasteiger charge is 2.38. The zero-order valence-electron chi connectivity index (χ0n) is 9.46. The van der Waals surface area contributed by atoms with Gasteiger partial charge in [-0.15, -0.1) is 0 Å². The Bertz CT molecular complexity index is 155. The van der Waals surface area contributed by atoms with Gasteiger partial charge in [-0.1, -0.05) is 20.3 Å². The first-order valence-corrected chi connectivity index (χ1v) is 5.72. The molecular formula is C11H23NO2. The third kappa shape index (κ3) is 3.56. The zero-order valence-corrected chi connectivity index (χ0v) is 9.46. The number of β-amino-alcohol motifs (C(OH)–C–C–N with tert-alkyl or cyclic N) is 1. The van der Waals surface area contributed by atoms with Crippen LogP contribution in [0.5, 0.6) is 0 Å². The van der Waals surface area contributed by atoms with Gasteiger partial charge >= 0.3 is 0 Å². The SMILES string of the molecule is CCCCOCCN1CC(O)(CC)C1. The van der Waals surface area contributed by atoms with Crippen LogP contribution in [0.4, 0.5) is 0 Å². The summed E-state index contributed by atoms with van der Waals surface area (Å²) < 4.78 is 5.46. The first-order chi connectivity index (χ1) is 6.70. The molecule has 0 aromatic carbocycles. The molecule has 0 aromatic rings. The van der Waals surface area contributed by atoms with Crippen molar-refractivity contribution in [2.24, 2.45) is 0 Å². The van der Waals surface area contributed by atoms with E-state index in [0.29, 0.717) is 0 Å². The third-order valence-electron chi connectivity index (χ3n) is 2.89. The van der Waals surface area contributed by atoms with Crippen LogP contribution in [0.1, 0.15) is 33.1 Å². The zero-order chi connectivity index (χ0) is 10.4. The predicted octanol–water partition coefficient (Wildman–Crippen LogP) is 1.26. The quantitative estimate of drug-likeness (QED) is 0.629. The maximum absolute atomic E-state index is 9.75. The molecule has 0 bridgehead atoms. The summed E-state index contributed by atoms with van der Waals surface area (Å²) in [5, 5.41) is 9.75. The Morgan fingerprint density at radius 2 is 2.00 bits per heavy atom. The molecule has 0 unspecified atom stereocenters.